The van der Waals surface area contributed by atoms with Crippen LogP contribution < -0.4 is 4.90 Å². The summed E-state index contributed by atoms with van der Waals surface area (Å²) in [6, 6.07) is 11.2. The zero-order valence-corrected chi connectivity index (χ0v) is 11.9. The first-order chi connectivity index (χ1) is 8.77. The Kier molecular flexibility index (Phi) is 3.08. The summed E-state index contributed by atoms with van der Waals surface area (Å²) in [7, 11) is 0. The number of para-hydroxylation sites is 1. The largest absolute Gasteiger partial charge is 0.337 e. The van der Waals surface area contributed by atoms with Crippen LogP contribution in [-0.4, -0.2) is 11.0 Å². The number of hydrogen-bond acceptors (Lipinski definition) is 2. The van der Waals surface area contributed by atoms with Gasteiger partial charge < -0.3 is 4.90 Å². The zero-order chi connectivity index (χ0) is 12.5. The molecule has 2 nitrogen and oxygen atoms in total. The third-order valence-corrected chi connectivity index (χ3v) is 4.14. The van der Waals surface area contributed by atoms with Crippen molar-refractivity contribution in [2.75, 3.05) is 4.90 Å². The SMILES string of the molecule is CC1CCc2ccccc2N1c1ccncc1Br. The van der Waals surface area contributed by atoms with Gasteiger partial charge in [0.25, 0.3) is 0 Å². The van der Waals surface area contributed by atoms with Crippen molar-refractivity contribution in [1.29, 1.82) is 0 Å². The quantitative estimate of drug-likeness (QED) is 0.780. The monoisotopic (exact) mass is 302 g/mol. The highest BCUT2D eigenvalue weighted by Crippen LogP contribution is 2.39. The van der Waals surface area contributed by atoms with E-state index >= 15 is 0 Å². The first-order valence-corrected chi connectivity index (χ1v) is 7.03. The highest BCUT2D eigenvalue weighted by Gasteiger charge is 2.25. The van der Waals surface area contributed by atoms with Crippen LogP contribution in [0.2, 0.25) is 0 Å². The van der Waals surface area contributed by atoms with E-state index in [4.69, 9.17) is 0 Å². The predicted molar refractivity (Wildman–Crippen MR) is 78.3 cm³/mol. The first-order valence-electron chi connectivity index (χ1n) is 6.24. The molecule has 0 saturated heterocycles. The van der Waals surface area contributed by atoms with E-state index in [1.165, 1.54) is 23.4 Å². The Balaban J connectivity index is 2.14. The molecule has 3 heteroatoms. The van der Waals surface area contributed by atoms with E-state index in [1.807, 2.05) is 12.4 Å². The summed E-state index contributed by atoms with van der Waals surface area (Å²) in [4.78, 5) is 6.55. The fourth-order valence-corrected chi connectivity index (χ4v) is 3.06. The summed E-state index contributed by atoms with van der Waals surface area (Å²) in [6.07, 6.45) is 6.06. The molecule has 0 amide bonds. The Morgan fingerprint density at radius 3 is 2.89 bits per heavy atom. The van der Waals surface area contributed by atoms with Crippen molar-refractivity contribution in [3.05, 3.63) is 52.8 Å². The fraction of sp³-hybridized carbons (Fsp3) is 0.267. The normalized spacial score (nSPS) is 18.6. The maximum atomic E-state index is 4.15. The predicted octanol–water partition coefficient (Wildman–Crippen LogP) is 4.32. The van der Waals surface area contributed by atoms with Gasteiger partial charge >= 0.3 is 0 Å². The van der Waals surface area contributed by atoms with E-state index in [-0.39, 0.29) is 0 Å². The standard InChI is InChI=1S/C15H15BrN2/c1-11-6-7-12-4-2-3-5-14(12)18(11)15-8-9-17-10-13(15)16/h2-5,8-11H,6-7H2,1H3. The van der Waals surface area contributed by atoms with Gasteiger partial charge in [0, 0.05) is 24.1 Å². The minimum absolute atomic E-state index is 0.513. The second-order valence-electron chi connectivity index (χ2n) is 4.71. The lowest BCUT2D eigenvalue weighted by molar-refractivity contribution is 0.617. The lowest BCUT2D eigenvalue weighted by atomic mass is 9.96. The molecule has 1 atom stereocenters. The molecule has 0 spiro atoms. The molecule has 1 unspecified atom stereocenters. The summed E-state index contributed by atoms with van der Waals surface area (Å²) in [5.41, 5.74) is 3.95. The number of fused-ring (bicyclic) bond motifs is 1. The average molecular weight is 303 g/mol. The molecule has 0 radical (unpaired) electrons. The Morgan fingerprint density at radius 2 is 2.06 bits per heavy atom. The van der Waals surface area contributed by atoms with Crippen LogP contribution in [0.5, 0.6) is 0 Å². The summed E-state index contributed by atoms with van der Waals surface area (Å²) in [6.45, 7) is 2.28. The molecule has 2 aromatic rings. The number of pyridine rings is 1. The van der Waals surface area contributed by atoms with Crippen molar-refractivity contribution in [2.24, 2.45) is 0 Å². The van der Waals surface area contributed by atoms with E-state index in [0.29, 0.717) is 6.04 Å². The van der Waals surface area contributed by atoms with Crippen molar-refractivity contribution in [3.8, 4) is 0 Å². The Morgan fingerprint density at radius 1 is 1.22 bits per heavy atom. The molecule has 1 aliphatic rings. The fourth-order valence-electron chi connectivity index (χ4n) is 2.62. The van der Waals surface area contributed by atoms with Crippen LogP contribution in [0.15, 0.2) is 47.2 Å². The minimum atomic E-state index is 0.513. The highest BCUT2D eigenvalue weighted by atomic mass is 79.9. The molecule has 1 aliphatic heterocycles. The van der Waals surface area contributed by atoms with Gasteiger partial charge in [0.15, 0.2) is 0 Å². The molecule has 0 bridgehead atoms. The number of anilines is 2. The Bertz CT molecular complexity index is 568. The number of nitrogens with zero attached hydrogens (tertiary/aromatic N) is 2. The van der Waals surface area contributed by atoms with Crippen LogP contribution in [0, 0.1) is 0 Å². The lowest BCUT2D eigenvalue weighted by Crippen LogP contribution is -2.33. The van der Waals surface area contributed by atoms with Crippen molar-refractivity contribution in [1.82, 2.24) is 4.98 Å². The number of hydrogen-bond donors (Lipinski definition) is 0. The van der Waals surface area contributed by atoms with Gasteiger partial charge in [-0.15, -0.1) is 0 Å². The van der Waals surface area contributed by atoms with Crippen molar-refractivity contribution in [3.63, 3.8) is 0 Å². The maximum absolute atomic E-state index is 4.15. The number of aryl methyl sites for hydroxylation is 1. The van der Waals surface area contributed by atoms with Gasteiger partial charge in [0.1, 0.15) is 0 Å². The van der Waals surface area contributed by atoms with Gasteiger partial charge in [0.2, 0.25) is 0 Å². The summed E-state index contributed by atoms with van der Waals surface area (Å²) >= 11 is 3.61. The summed E-state index contributed by atoms with van der Waals surface area (Å²) < 4.78 is 1.05. The number of rotatable bonds is 1. The van der Waals surface area contributed by atoms with Crippen LogP contribution in [0.4, 0.5) is 11.4 Å². The number of halogens is 1. The third kappa shape index (κ3) is 1.93. The molecule has 0 N–H and O–H groups in total. The molecule has 0 fully saturated rings. The van der Waals surface area contributed by atoms with Gasteiger partial charge in [-0.1, -0.05) is 18.2 Å². The van der Waals surface area contributed by atoms with E-state index in [1.54, 1.807) is 0 Å². The molecule has 3 rings (SSSR count). The molecular formula is C15H15BrN2. The van der Waals surface area contributed by atoms with Crippen LogP contribution in [0.25, 0.3) is 0 Å². The van der Waals surface area contributed by atoms with Gasteiger partial charge in [-0.3, -0.25) is 4.98 Å². The van der Waals surface area contributed by atoms with Gasteiger partial charge in [0.05, 0.1) is 10.2 Å². The smallest absolute Gasteiger partial charge is 0.0595 e. The van der Waals surface area contributed by atoms with E-state index in [0.717, 1.165) is 10.9 Å². The first kappa shape index (κ1) is 11.7. The lowest BCUT2D eigenvalue weighted by Gasteiger charge is -2.37. The summed E-state index contributed by atoms with van der Waals surface area (Å²) in [5, 5.41) is 0. The molecular weight excluding hydrogens is 288 g/mol. The van der Waals surface area contributed by atoms with Crippen LogP contribution in [0.1, 0.15) is 18.9 Å². The third-order valence-electron chi connectivity index (χ3n) is 3.53. The van der Waals surface area contributed by atoms with E-state index in [9.17, 15) is 0 Å². The Labute approximate surface area is 116 Å². The molecule has 92 valence electrons. The molecule has 18 heavy (non-hydrogen) atoms. The van der Waals surface area contributed by atoms with Crippen molar-refractivity contribution < 1.29 is 0 Å². The number of aromatic nitrogens is 1. The molecule has 0 aliphatic carbocycles. The van der Waals surface area contributed by atoms with Crippen LogP contribution in [-0.2, 0) is 6.42 Å². The number of benzene rings is 1. The van der Waals surface area contributed by atoms with Gasteiger partial charge in [-0.2, -0.15) is 0 Å². The minimum Gasteiger partial charge on any atom is -0.337 e. The van der Waals surface area contributed by atoms with Crippen molar-refractivity contribution >= 4 is 27.3 Å². The van der Waals surface area contributed by atoms with Crippen LogP contribution >= 0.6 is 15.9 Å². The highest BCUT2D eigenvalue weighted by molar-refractivity contribution is 9.10. The molecule has 2 heterocycles. The van der Waals surface area contributed by atoms with Crippen LogP contribution in [0.3, 0.4) is 0 Å². The summed E-state index contributed by atoms with van der Waals surface area (Å²) in [5.74, 6) is 0. The topological polar surface area (TPSA) is 16.1 Å². The van der Waals surface area contributed by atoms with E-state index in [2.05, 4.69) is 63.1 Å². The van der Waals surface area contributed by atoms with Gasteiger partial charge in [-0.05, 0) is 53.4 Å². The Hall–Kier alpha value is -1.35. The molecule has 0 saturated carbocycles. The molecule has 1 aromatic heterocycles. The molecule has 1 aromatic carbocycles. The second-order valence-corrected chi connectivity index (χ2v) is 5.57. The van der Waals surface area contributed by atoms with E-state index < -0.39 is 0 Å². The van der Waals surface area contributed by atoms with Crippen molar-refractivity contribution in [2.45, 2.75) is 25.8 Å². The van der Waals surface area contributed by atoms with Gasteiger partial charge in [-0.25, -0.2) is 0 Å². The average Bonchev–Trinajstić information content (AvgIpc) is 2.40. The zero-order valence-electron chi connectivity index (χ0n) is 10.3. The maximum Gasteiger partial charge on any atom is 0.0595 e. The second kappa shape index (κ2) is 4.73.